The van der Waals surface area contributed by atoms with Crippen molar-refractivity contribution in [3.8, 4) is 0 Å². The molecule has 1 aromatic heterocycles. The van der Waals surface area contributed by atoms with E-state index in [1.807, 2.05) is 0 Å². The minimum Gasteiger partial charge on any atom is -0.324 e. The summed E-state index contributed by atoms with van der Waals surface area (Å²) in [5, 5.41) is 17.4. The highest BCUT2D eigenvalue weighted by molar-refractivity contribution is 9.10. The van der Waals surface area contributed by atoms with Gasteiger partial charge in [0.2, 0.25) is 5.91 Å². The number of aromatic nitrogens is 2. The predicted octanol–water partition coefficient (Wildman–Crippen LogP) is 3.34. The van der Waals surface area contributed by atoms with Gasteiger partial charge in [-0.25, -0.2) is 4.39 Å². The van der Waals surface area contributed by atoms with E-state index in [0.717, 1.165) is 0 Å². The maximum Gasteiger partial charge on any atom is 0.312 e. The number of anilines is 1. The number of carbonyl (C=O) groups excluding carboxylic acids is 1. The monoisotopic (exact) mass is 384 g/mol. The van der Waals surface area contributed by atoms with Crippen LogP contribution in [0.2, 0.25) is 0 Å². The van der Waals surface area contributed by atoms with Gasteiger partial charge in [0.25, 0.3) is 0 Å². The predicted molar refractivity (Wildman–Crippen MR) is 85.7 cm³/mol. The fourth-order valence-corrected chi connectivity index (χ4v) is 2.51. The molecule has 0 saturated carbocycles. The highest BCUT2D eigenvalue weighted by Crippen LogP contribution is 2.22. The van der Waals surface area contributed by atoms with Crippen molar-refractivity contribution >= 4 is 33.2 Å². The number of nitrogens with one attached hydrogen (secondary N) is 1. The quantitative estimate of drug-likeness (QED) is 0.632. The molecule has 0 saturated heterocycles. The Morgan fingerprint density at radius 3 is 2.74 bits per heavy atom. The average molecular weight is 385 g/mol. The molecule has 0 aliphatic rings. The van der Waals surface area contributed by atoms with Gasteiger partial charge in [-0.05, 0) is 32.0 Å². The van der Waals surface area contributed by atoms with Crippen LogP contribution in [-0.4, -0.2) is 20.6 Å². The van der Waals surface area contributed by atoms with E-state index in [0.29, 0.717) is 15.9 Å². The number of rotatable bonds is 5. The smallest absolute Gasteiger partial charge is 0.312 e. The van der Waals surface area contributed by atoms with Crippen LogP contribution in [0.3, 0.4) is 0 Å². The SMILES string of the molecule is Cc1nn(CCC(=O)Nc2ccc(Br)cc2F)c(C)c1[N+](=O)[O-]. The molecule has 2 aromatic rings. The Bertz CT molecular complexity index is 776. The van der Waals surface area contributed by atoms with Gasteiger partial charge >= 0.3 is 5.69 Å². The van der Waals surface area contributed by atoms with Crippen molar-refractivity contribution < 1.29 is 14.1 Å². The van der Waals surface area contributed by atoms with Gasteiger partial charge in [-0.15, -0.1) is 0 Å². The molecule has 1 heterocycles. The van der Waals surface area contributed by atoms with Gasteiger partial charge in [-0.2, -0.15) is 5.10 Å². The Morgan fingerprint density at radius 2 is 2.17 bits per heavy atom. The van der Waals surface area contributed by atoms with Crippen molar-refractivity contribution in [3.63, 3.8) is 0 Å². The van der Waals surface area contributed by atoms with Crippen molar-refractivity contribution in [1.29, 1.82) is 0 Å². The molecule has 0 aliphatic heterocycles. The lowest BCUT2D eigenvalue weighted by Gasteiger charge is -2.07. The number of carbonyl (C=O) groups is 1. The molecule has 1 amide bonds. The number of aryl methyl sites for hydroxylation is 2. The topological polar surface area (TPSA) is 90.1 Å². The van der Waals surface area contributed by atoms with Crippen molar-refractivity contribution in [3.05, 3.63) is 50.0 Å². The van der Waals surface area contributed by atoms with E-state index < -0.39 is 16.6 Å². The van der Waals surface area contributed by atoms with E-state index in [1.54, 1.807) is 19.9 Å². The van der Waals surface area contributed by atoms with Crippen molar-refractivity contribution in [2.45, 2.75) is 26.8 Å². The van der Waals surface area contributed by atoms with Gasteiger partial charge in [-0.1, -0.05) is 15.9 Å². The molecule has 0 fully saturated rings. The molecule has 7 nitrogen and oxygen atoms in total. The van der Waals surface area contributed by atoms with Crippen LogP contribution in [0.15, 0.2) is 22.7 Å². The Morgan fingerprint density at radius 1 is 1.48 bits per heavy atom. The van der Waals surface area contributed by atoms with Gasteiger partial charge < -0.3 is 5.32 Å². The number of hydrogen-bond acceptors (Lipinski definition) is 4. The Balaban J connectivity index is 2.02. The van der Waals surface area contributed by atoms with Crippen molar-refractivity contribution in [2.75, 3.05) is 5.32 Å². The fraction of sp³-hybridized carbons (Fsp3) is 0.286. The van der Waals surface area contributed by atoms with E-state index in [1.165, 1.54) is 16.8 Å². The second-order valence-electron chi connectivity index (χ2n) is 4.92. The Labute approximate surface area is 139 Å². The molecule has 9 heteroatoms. The molecule has 1 N–H and O–H groups in total. The lowest BCUT2D eigenvalue weighted by Crippen LogP contribution is -2.16. The maximum absolute atomic E-state index is 13.6. The lowest BCUT2D eigenvalue weighted by atomic mass is 10.3. The molecule has 0 radical (unpaired) electrons. The number of amides is 1. The standard InChI is InChI=1S/C14H14BrFN4O3/c1-8-14(20(22)23)9(2)19(18-8)6-5-13(21)17-12-4-3-10(15)7-11(12)16/h3-4,7H,5-6H2,1-2H3,(H,17,21). The maximum atomic E-state index is 13.6. The molecule has 122 valence electrons. The highest BCUT2D eigenvalue weighted by atomic mass is 79.9. The molecule has 0 spiro atoms. The van der Waals surface area contributed by atoms with Gasteiger partial charge in [-0.3, -0.25) is 19.6 Å². The van der Waals surface area contributed by atoms with Gasteiger partial charge in [0.05, 0.1) is 17.2 Å². The molecular formula is C14H14BrFN4O3. The molecule has 0 unspecified atom stereocenters. The Kier molecular flexibility index (Phi) is 5.09. The average Bonchev–Trinajstić information content (AvgIpc) is 2.74. The minimum absolute atomic E-state index is 0.0224. The van der Waals surface area contributed by atoms with E-state index in [2.05, 4.69) is 26.3 Å². The molecule has 2 rings (SSSR count). The van der Waals surface area contributed by atoms with E-state index >= 15 is 0 Å². The number of nitro groups is 1. The zero-order valence-electron chi connectivity index (χ0n) is 12.5. The first-order valence-corrected chi connectivity index (χ1v) is 7.52. The van der Waals surface area contributed by atoms with E-state index in [-0.39, 0.29) is 24.3 Å². The zero-order valence-corrected chi connectivity index (χ0v) is 14.1. The third kappa shape index (κ3) is 3.92. The van der Waals surface area contributed by atoms with E-state index in [4.69, 9.17) is 0 Å². The number of halogens is 2. The highest BCUT2D eigenvalue weighted by Gasteiger charge is 2.21. The minimum atomic E-state index is -0.547. The summed E-state index contributed by atoms with van der Waals surface area (Å²) >= 11 is 3.13. The van der Waals surface area contributed by atoms with Crippen LogP contribution in [0.5, 0.6) is 0 Å². The van der Waals surface area contributed by atoms with Gasteiger partial charge in [0.1, 0.15) is 17.2 Å². The summed E-state index contributed by atoms with van der Waals surface area (Å²) in [6, 6.07) is 4.31. The third-order valence-electron chi connectivity index (χ3n) is 3.28. The summed E-state index contributed by atoms with van der Waals surface area (Å²) < 4.78 is 15.6. The number of nitrogens with zero attached hydrogens (tertiary/aromatic N) is 3. The van der Waals surface area contributed by atoms with Gasteiger partial charge in [0, 0.05) is 10.9 Å². The molecule has 0 aliphatic carbocycles. The normalized spacial score (nSPS) is 10.6. The number of hydrogen-bond donors (Lipinski definition) is 1. The second kappa shape index (κ2) is 6.86. The molecule has 23 heavy (non-hydrogen) atoms. The van der Waals surface area contributed by atoms with Crippen LogP contribution in [-0.2, 0) is 11.3 Å². The molecule has 0 atom stereocenters. The molecular weight excluding hydrogens is 371 g/mol. The van der Waals surface area contributed by atoms with Crippen LogP contribution in [0.1, 0.15) is 17.8 Å². The summed E-state index contributed by atoms with van der Waals surface area (Å²) in [5.74, 6) is -0.948. The second-order valence-corrected chi connectivity index (χ2v) is 5.84. The summed E-state index contributed by atoms with van der Waals surface area (Å²) in [6.45, 7) is 3.29. The summed E-state index contributed by atoms with van der Waals surface area (Å²) in [5.41, 5.74) is 0.712. The van der Waals surface area contributed by atoms with Crippen LogP contribution in [0, 0.1) is 29.8 Å². The Hall–Kier alpha value is -2.29. The van der Waals surface area contributed by atoms with Crippen LogP contribution in [0.25, 0.3) is 0 Å². The van der Waals surface area contributed by atoms with Gasteiger partial charge in [0.15, 0.2) is 0 Å². The van der Waals surface area contributed by atoms with Crippen LogP contribution in [0.4, 0.5) is 15.8 Å². The molecule has 1 aromatic carbocycles. The summed E-state index contributed by atoms with van der Waals surface area (Å²) in [7, 11) is 0. The largest absolute Gasteiger partial charge is 0.324 e. The third-order valence-corrected chi connectivity index (χ3v) is 3.78. The molecule has 0 bridgehead atoms. The lowest BCUT2D eigenvalue weighted by molar-refractivity contribution is -0.386. The zero-order chi connectivity index (χ0) is 17.1. The first kappa shape index (κ1) is 17.1. The van der Waals surface area contributed by atoms with Crippen molar-refractivity contribution in [1.82, 2.24) is 9.78 Å². The van der Waals surface area contributed by atoms with Crippen LogP contribution < -0.4 is 5.32 Å². The summed E-state index contributed by atoms with van der Waals surface area (Å²) in [4.78, 5) is 22.3. The van der Waals surface area contributed by atoms with E-state index in [9.17, 15) is 19.3 Å². The first-order valence-electron chi connectivity index (χ1n) is 6.73. The number of benzene rings is 1. The van der Waals surface area contributed by atoms with Crippen LogP contribution >= 0.6 is 15.9 Å². The summed E-state index contributed by atoms with van der Waals surface area (Å²) in [6.07, 6.45) is 0.0224. The first-order chi connectivity index (χ1) is 10.8. The fourth-order valence-electron chi connectivity index (χ4n) is 2.18. The van der Waals surface area contributed by atoms with Crippen molar-refractivity contribution in [2.24, 2.45) is 0 Å².